The lowest BCUT2D eigenvalue weighted by molar-refractivity contribution is -0.140. The Morgan fingerprint density at radius 2 is 2.12 bits per heavy atom. The Hall–Kier alpha value is -2.49. The first kappa shape index (κ1) is 18.3. The van der Waals surface area contributed by atoms with E-state index in [1.165, 1.54) is 16.9 Å². The molecule has 0 unspecified atom stereocenters. The van der Waals surface area contributed by atoms with Crippen LogP contribution in [0.4, 0.5) is 17.6 Å². The molecule has 1 heterocycles. The number of alkyl halides is 3. The van der Waals surface area contributed by atoms with Gasteiger partial charge in [-0.25, -0.2) is 9.07 Å². The van der Waals surface area contributed by atoms with Gasteiger partial charge in [-0.2, -0.15) is 13.2 Å². The Balaban J connectivity index is 1.70. The second-order valence-corrected chi connectivity index (χ2v) is 6.69. The van der Waals surface area contributed by atoms with Gasteiger partial charge in [0.1, 0.15) is 5.82 Å². The van der Waals surface area contributed by atoms with Gasteiger partial charge in [0.15, 0.2) is 5.69 Å². The fourth-order valence-corrected chi connectivity index (χ4v) is 2.98. The summed E-state index contributed by atoms with van der Waals surface area (Å²) in [7, 11) is 0. The summed E-state index contributed by atoms with van der Waals surface area (Å²) in [5.41, 5.74) is -1.70. The maximum absolute atomic E-state index is 13.3. The molecule has 1 aromatic carbocycles. The summed E-state index contributed by atoms with van der Waals surface area (Å²) >= 11 is 0. The molecule has 26 heavy (non-hydrogen) atoms. The summed E-state index contributed by atoms with van der Waals surface area (Å²) in [6, 6.07) is 2.65. The third kappa shape index (κ3) is 3.85. The molecule has 1 saturated carbocycles. The first-order valence-electron chi connectivity index (χ1n) is 7.82. The van der Waals surface area contributed by atoms with Gasteiger partial charge in [0.05, 0.1) is 24.4 Å². The fraction of sp³-hybridized carbons (Fsp3) is 0.438. The Labute approximate surface area is 145 Å². The number of carbonyl (C=O) groups is 1. The SMILES string of the molecule is CC1(NC(=O)c2cn(Cc3ccc(F)c(C(F)(F)F)c3)nn2)CC(O)C1. The summed E-state index contributed by atoms with van der Waals surface area (Å²) in [5.74, 6) is -1.84. The number of rotatable bonds is 4. The van der Waals surface area contributed by atoms with E-state index in [-0.39, 0.29) is 17.8 Å². The van der Waals surface area contributed by atoms with Crippen molar-refractivity contribution in [2.75, 3.05) is 0 Å². The number of hydrogen-bond acceptors (Lipinski definition) is 4. The van der Waals surface area contributed by atoms with Gasteiger partial charge in [0.2, 0.25) is 0 Å². The maximum Gasteiger partial charge on any atom is 0.419 e. The molecule has 3 rings (SSSR count). The minimum atomic E-state index is -4.80. The zero-order valence-electron chi connectivity index (χ0n) is 13.7. The fourth-order valence-electron chi connectivity index (χ4n) is 2.98. The molecule has 0 radical (unpaired) electrons. The third-order valence-electron chi connectivity index (χ3n) is 4.24. The number of nitrogens with one attached hydrogen (secondary N) is 1. The first-order chi connectivity index (χ1) is 12.1. The number of carbonyl (C=O) groups excluding carboxylic acids is 1. The number of aliphatic hydroxyl groups is 1. The van der Waals surface area contributed by atoms with Crippen molar-refractivity contribution in [1.82, 2.24) is 20.3 Å². The minimum Gasteiger partial charge on any atom is -0.393 e. The van der Waals surface area contributed by atoms with Gasteiger partial charge in [-0.05, 0) is 37.5 Å². The van der Waals surface area contributed by atoms with Gasteiger partial charge < -0.3 is 10.4 Å². The number of nitrogens with zero attached hydrogens (tertiary/aromatic N) is 3. The quantitative estimate of drug-likeness (QED) is 0.806. The van der Waals surface area contributed by atoms with Crippen LogP contribution in [0.2, 0.25) is 0 Å². The molecule has 0 bridgehead atoms. The first-order valence-corrected chi connectivity index (χ1v) is 7.82. The van der Waals surface area contributed by atoms with E-state index in [1.807, 2.05) is 0 Å². The molecule has 6 nitrogen and oxygen atoms in total. The third-order valence-corrected chi connectivity index (χ3v) is 4.24. The van der Waals surface area contributed by atoms with Crippen LogP contribution in [0.3, 0.4) is 0 Å². The topological polar surface area (TPSA) is 80.0 Å². The lowest BCUT2D eigenvalue weighted by Gasteiger charge is -2.42. The van der Waals surface area contributed by atoms with Crippen molar-refractivity contribution in [3.63, 3.8) is 0 Å². The molecule has 1 aliphatic rings. The molecule has 2 aromatic rings. The van der Waals surface area contributed by atoms with Crippen LogP contribution in [-0.4, -0.2) is 37.7 Å². The molecular weight excluding hydrogens is 356 g/mol. The molecule has 1 aliphatic carbocycles. The van der Waals surface area contributed by atoms with Gasteiger partial charge >= 0.3 is 6.18 Å². The largest absolute Gasteiger partial charge is 0.419 e. The molecular formula is C16H16F4N4O2. The van der Waals surface area contributed by atoms with Crippen LogP contribution >= 0.6 is 0 Å². The van der Waals surface area contributed by atoms with E-state index >= 15 is 0 Å². The van der Waals surface area contributed by atoms with E-state index < -0.39 is 35.1 Å². The van der Waals surface area contributed by atoms with Gasteiger partial charge in [-0.1, -0.05) is 11.3 Å². The van der Waals surface area contributed by atoms with Gasteiger partial charge in [0.25, 0.3) is 5.91 Å². The standard InChI is InChI=1S/C16H16F4N4O2/c1-15(5-10(25)6-15)21-14(26)13-8-24(23-22-13)7-9-2-3-12(17)11(4-9)16(18,19)20/h2-4,8,10,25H,5-7H2,1H3,(H,21,26). The lowest BCUT2D eigenvalue weighted by atomic mass is 9.76. The number of aromatic nitrogens is 3. The van der Waals surface area contributed by atoms with Crippen molar-refractivity contribution >= 4 is 5.91 Å². The highest BCUT2D eigenvalue weighted by molar-refractivity contribution is 5.92. The van der Waals surface area contributed by atoms with Crippen molar-refractivity contribution in [3.05, 3.63) is 47.0 Å². The van der Waals surface area contributed by atoms with E-state index in [0.717, 1.165) is 6.07 Å². The zero-order valence-corrected chi connectivity index (χ0v) is 13.7. The van der Waals surface area contributed by atoms with Crippen LogP contribution in [0.25, 0.3) is 0 Å². The Morgan fingerprint density at radius 3 is 2.73 bits per heavy atom. The molecule has 10 heteroatoms. The van der Waals surface area contributed by atoms with Crippen LogP contribution in [-0.2, 0) is 12.7 Å². The summed E-state index contributed by atoms with van der Waals surface area (Å²) in [6.45, 7) is 1.69. The van der Waals surface area contributed by atoms with Gasteiger partial charge in [-0.3, -0.25) is 4.79 Å². The Kier molecular flexibility index (Phi) is 4.47. The summed E-state index contributed by atoms with van der Waals surface area (Å²) in [4.78, 5) is 12.1. The smallest absolute Gasteiger partial charge is 0.393 e. The number of aliphatic hydroxyl groups excluding tert-OH is 1. The molecule has 1 fully saturated rings. The highest BCUT2D eigenvalue weighted by atomic mass is 19.4. The molecule has 1 amide bonds. The van der Waals surface area contributed by atoms with Crippen LogP contribution < -0.4 is 5.32 Å². The monoisotopic (exact) mass is 372 g/mol. The minimum absolute atomic E-state index is 0.00534. The highest BCUT2D eigenvalue weighted by Gasteiger charge is 2.41. The van der Waals surface area contributed by atoms with Crippen molar-refractivity contribution in [2.24, 2.45) is 0 Å². The maximum atomic E-state index is 13.3. The zero-order chi connectivity index (χ0) is 19.1. The van der Waals surface area contributed by atoms with E-state index in [9.17, 15) is 27.5 Å². The van der Waals surface area contributed by atoms with Gasteiger partial charge in [0, 0.05) is 5.54 Å². The van der Waals surface area contributed by atoms with Crippen molar-refractivity contribution in [2.45, 2.75) is 44.1 Å². The Bertz CT molecular complexity index is 828. The molecule has 0 atom stereocenters. The molecule has 0 spiro atoms. The van der Waals surface area contributed by atoms with Crippen molar-refractivity contribution in [3.8, 4) is 0 Å². The van der Waals surface area contributed by atoms with E-state index in [4.69, 9.17) is 0 Å². The van der Waals surface area contributed by atoms with Crippen LogP contribution in [0.5, 0.6) is 0 Å². The molecule has 0 saturated heterocycles. The van der Waals surface area contributed by atoms with E-state index in [2.05, 4.69) is 15.6 Å². The van der Waals surface area contributed by atoms with Gasteiger partial charge in [-0.15, -0.1) is 5.10 Å². The van der Waals surface area contributed by atoms with Crippen LogP contribution in [0.1, 0.15) is 41.4 Å². The number of hydrogen-bond donors (Lipinski definition) is 2. The number of benzene rings is 1. The second-order valence-electron chi connectivity index (χ2n) is 6.69. The summed E-state index contributed by atoms with van der Waals surface area (Å²) < 4.78 is 52.8. The molecule has 1 aromatic heterocycles. The van der Waals surface area contributed by atoms with E-state index in [1.54, 1.807) is 6.92 Å². The van der Waals surface area contributed by atoms with Crippen LogP contribution in [0, 0.1) is 5.82 Å². The van der Waals surface area contributed by atoms with Crippen LogP contribution in [0.15, 0.2) is 24.4 Å². The number of halogens is 4. The predicted octanol–water partition coefficient (Wildman–Crippen LogP) is 2.13. The molecule has 0 aliphatic heterocycles. The summed E-state index contributed by atoms with van der Waals surface area (Å²) in [6.07, 6.45) is -3.08. The molecule has 140 valence electrons. The summed E-state index contributed by atoms with van der Waals surface area (Å²) in [5, 5.41) is 19.5. The normalized spacial score (nSPS) is 22.8. The average Bonchev–Trinajstić information content (AvgIpc) is 2.95. The number of amides is 1. The Morgan fingerprint density at radius 1 is 1.42 bits per heavy atom. The molecule has 2 N–H and O–H groups in total. The highest BCUT2D eigenvalue weighted by Crippen LogP contribution is 2.32. The van der Waals surface area contributed by atoms with E-state index in [0.29, 0.717) is 18.9 Å². The second kappa shape index (κ2) is 6.35. The average molecular weight is 372 g/mol. The lowest BCUT2D eigenvalue weighted by Crippen LogP contribution is -2.57. The predicted molar refractivity (Wildman–Crippen MR) is 81.6 cm³/mol. The van der Waals surface area contributed by atoms with Crippen molar-refractivity contribution < 1.29 is 27.5 Å². The van der Waals surface area contributed by atoms with Crippen molar-refractivity contribution in [1.29, 1.82) is 0 Å².